The van der Waals surface area contributed by atoms with Gasteiger partial charge >= 0.3 is 5.97 Å². The molecule has 1 heterocycles. The SMILES string of the molecule is CCCCN1C(=O)C(=O)/C(=C(/O)c2cc(C(C)C)c(OC)cc2C)C1c1ccc(OC(C)=O)cc1. The average Bonchev–Trinajstić information content (AvgIpc) is 3.06. The summed E-state index contributed by atoms with van der Waals surface area (Å²) >= 11 is 0. The highest BCUT2D eigenvalue weighted by atomic mass is 16.5. The van der Waals surface area contributed by atoms with Crippen LogP contribution in [0.15, 0.2) is 42.0 Å². The van der Waals surface area contributed by atoms with E-state index in [2.05, 4.69) is 0 Å². The normalized spacial score (nSPS) is 17.2. The summed E-state index contributed by atoms with van der Waals surface area (Å²) in [5.41, 5.74) is 2.81. The van der Waals surface area contributed by atoms with E-state index in [0.717, 1.165) is 17.5 Å². The van der Waals surface area contributed by atoms with Gasteiger partial charge in [0.25, 0.3) is 11.7 Å². The second-order valence-corrected chi connectivity index (χ2v) is 9.07. The lowest BCUT2D eigenvalue weighted by atomic mass is 9.91. The number of carbonyl (C=O) groups excluding carboxylic acids is 3. The van der Waals surface area contributed by atoms with Crippen LogP contribution < -0.4 is 9.47 Å². The lowest BCUT2D eigenvalue weighted by molar-refractivity contribution is -0.139. The van der Waals surface area contributed by atoms with E-state index < -0.39 is 23.7 Å². The largest absolute Gasteiger partial charge is 0.507 e. The molecule has 1 aliphatic rings. The number of ether oxygens (including phenoxy) is 2. The lowest BCUT2D eigenvalue weighted by Gasteiger charge is -2.25. The number of ketones is 1. The van der Waals surface area contributed by atoms with Gasteiger partial charge in [-0.05, 0) is 60.2 Å². The summed E-state index contributed by atoms with van der Waals surface area (Å²) in [5, 5.41) is 11.5. The third kappa shape index (κ3) is 5.24. The Bertz CT molecular complexity index is 1160. The molecule has 1 aliphatic heterocycles. The van der Waals surface area contributed by atoms with Crippen molar-refractivity contribution in [2.45, 2.75) is 59.4 Å². The minimum atomic E-state index is -0.753. The predicted octanol–water partition coefficient (Wildman–Crippen LogP) is 5.27. The molecule has 2 aromatic rings. The molecule has 7 nitrogen and oxygen atoms in total. The molecule has 0 bridgehead atoms. The summed E-state index contributed by atoms with van der Waals surface area (Å²) in [6.07, 6.45) is 1.56. The van der Waals surface area contributed by atoms with Crippen molar-refractivity contribution in [3.8, 4) is 11.5 Å². The summed E-state index contributed by atoms with van der Waals surface area (Å²) in [4.78, 5) is 39.1. The lowest BCUT2D eigenvalue weighted by Crippen LogP contribution is -2.30. The number of hydrogen-bond donors (Lipinski definition) is 1. The van der Waals surface area contributed by atoms with Gasteiger partial charge in [-0.25, -0.2) is 0 Å². The Labute approximate surface area is 206 Å². The van der Waals surface area contributed by atoms with Crippen LogP contribution in [0.25, 0.3) is 5.76 Å². The molecule has 0 saturated carbocycles. The fourth-order valence-electron chi connectivity index (χ4n) is 4.40. The van der Waals surface area contributed by atoms with Gasteiger partial charge in [0.15, 0.2) is 0 Å². The van der Waals surface area contributed by atoms with Crippen LogP contribution in [0.5, 0.6) is 11.5 Å². The summed E-state index contributed by atoms with van der Waals surface area (Å²) in [6.45, 7) is 9.57. The number of nitrogens with zero attached hydrogens (tertiary/aromatic N) is 1. The second kappa shape index (κ2) is 10.8. The molecule has 1 N–H and O–H groups in total. The Kier molecular flexibility index (Phi) is 7.99. The zero-order chi connectivity index (χ0) is 25.9. The van der Waals surface area contributed by atoms with Crippen LogP contribution in [0.1, 0.15) is 74.8 Å². The number of rotatable bonds is 8. The van der Waals surface area contributed by atoms with E-state index in [1.54, 1.807) is 31.4 Å². The van der Waals surface area contributed by atoms with Gasteiger partial charge in [-0.3, -0.25) is 14.4 Å². The molecule has 1 amide bonds. The summed E-state index contributed by atoms with van der Waals surface area (Å²) in [5.74, 6) is -0.817. The van der Waals surface area contributed by atoms with Gasteiger partial charge < -0.3 is 19.5 Å². The van der Waals surface area contributed by atoms with Gasteiger partial charge in [0.05, 0.1) is 18.7 Å². The van der Waals surface area contributed by atoms with Crippen molar-refractivity contribution in [3.63, 3.8) is 0 Å². The number of aliphatic hydroxyl groups is 1. The molecule has 0 spiro atoms. The van der Waals surface area contributed by atoms with Crippen LogP contribution in [0.2, 0.25) is 0 Å². The number of hydrogen-bond acceptors (Lipinski definition) is 6. The molecule has 186 valence electrons. The summed E-state index contributed by atoms with van der Waals surface area (Å²) in [7, 11) is 1.60. The number of carbonyl (C=O) groups is 3. The van der Waals surface area contributed by atoms with Gasteiger partial charge in [-0.2, -0.15) is 0 Å². The van der Waals surface area contributed by atoms with Gasteiger partial charge in [0, 0.05) is 19.0 Å². The fourth-order valence-corrected chi connectivity index (χ4v) is 4.40. The smallest absolute Gasteiger partial charge is 0.308 e. The van der Waals surface area contributed by atoms with Crippen LogP contribution >= 0.6 is 0 Å². The van der Waals surface area contributed by atoms with E-state index in [0.29, 0.717) is 35.6 Å². The van der Waals surface area contributed by atoms with E-state index in [1.807, 2.05) is 39.8 Å². The number of amides is 1. The van der Waals surface area contributed by atoms with Crippen LogP contribution in [-0.4, -0.2) is 41.3 Å². The van der Waals surface area contributed by atoms with Crippen molar-refractivity contribution < 1.29 is 29.0 Å². The van der Waals surface area contributed by atoms with E-state index in [4.69, 9.17) is 9.47 Å². The second-order valence-electron chi connectivity index (χ2n) is 9.07. The van der Waals surface area contributed by atoms with Crippen molar-refractivity contribution in [1.29, 1.82) is 0 Å². The van der Waals surface area contributed by atoms with Gasteiger partial charge in [-0.1, -0.05) is 39.3 Å². The highest BCUT2D eigenvalue weighted by molar-refractivity contribution is 6.46. The van der Waals surface area contributed by atoms with Crippen LogP contribution in [0, 0.1) is 6.92 Å². The van der Waals surface area contributed by atoms with Crippen molar-refractivity contribution in [3.05, 3.63) is 64.2 Å². The van der Waals surface area contributed by atoms with Crippen molar-refractivity contribution in [1.82, 2.24) is 4.90 Å². The van der Waals surface area contributed by atoms with Gasteiger partial charge in [-0.15, -0.1) is 0 Å². The van der Waals surface area contributed by atoms with E-state index in [-0.39, 0.29) is 17.3 Å². The first-order chi connectivity index (χ1) is 16.6. The maximum absolute atomic E-state index is 13.2. The zero-order valence-electron chi connectivity index (χ0n) is 21.2. The molecule has 1 fully saturated rings. The minimum Gasteiger partial charge on any atom is -0.507 e. The third-order valence-electron chi connectivity index (χ3n) is 6.20. The van der Waals surface area contributed by atoms with Crippen LogP contribution in [0.4, 0.5) is 0 Å². The molecular weight excluding hydrogens is 446 g/mol. The Balaban J connectivity index is 2.20. The first-order valence-corrected chi connectivity index (χ1v) is 11.9. The number of Topliss-reactive ketones (excluding diaryl/α,β-unsaturated/α-hetero) is 1. The zero-order valence-corrected chi connectivity index (χ0v) is 21.2. The monoisotopic (exact) mass is 479 g/mol. The topological polar surface area (TPSA) is 93.1 Å². The van der Waals surface area contributed by atoms with Crippen molar-refractivity contribution in [2.75, 3.05) is 13.7 Å². The number of aliphatic hydroxyl groups excluding tert-OH is 1. The first-order valence-electron chi connectivity index (χ1n) is 11.9. The number of esters is 1. The number of aryl methyl sites for hydroxylation is 1. The number of methoxy groups -OCH3 is 1. The van der Waals surface area contributed by atoms with Crippen molar-refractivity contribution >= 4 is 23.4 Å². The minimum absolute atomic E-state index is 0.0503. The van der Waals surface area contributed by atoms with E-state index >= 15 is 0 Å². The molecule has 1 saturated heterocycles. The highest BCUT2D eigenvalue weighted by Crippen LogP contribution is 2.41. The summed E-state index contributed by atoms with van der Waals surface area (Å²) < 4.78 is 10.6. The molecular formula is C28H33NO6. The maximum Gasteiger partial charge on any atom is 0.308 e. The molecule has 0 aliphatic carbocycles. The molecule has 0 aromatic heterocycles. The predicted molar refractivity (Wildman–Crippen MR) is 133 cm³/mol. The van der Waals surface area contributed by atoms with Gasteiger partial charge in [0.2, 0.25) is 0 Å². The van der Waals surface area contributed by atoms with E-state index in [9.17, 15) is 19.5 Å². The molecule has 3 rings (SSSR count). The first kappa shape index (κ1) is 26.0. The number of benzene rings is 2. The fraction of sp³-hybridized carbons (Fsp3) is 0.393. The number of unbranched alkanes of at least 4 members (excludes halogenated alkanes) is 1. The van der Waals surface area contributed by atoms with Crippen LogP contribution in [0.3, 0.4) is 0 Å². The van der Waals surface area contributed by atoms with E-state index in [1.165, 1.54) is 11.8 Å². The molecule has 1 unspecified atom stereocenters. The van der Waals surface area contributed by atoms with Gasteiger partial charge in [0.1, 0.15) is 17.3 Å². The molecule has 1 atom stereocenters. The molecule has 35 heavy (non-hydrogen) atoms. The molecule has 0 radical (unpaired) electrons. The van der Waals surface area contributed by atoms with Crippen LogP contribution in [-0.2, 0) is 14.4 Å². The standard InChI is InChI=1S/C28H33NO6/c1-7-8-13-29-25(19-9-11-20(12-10-19)35-18(5)30)24(27(32)28(29)33)26(31)22-15-21(16(2)3)23(34-6)14-17(22)4/h9-12,14-16,25,31H,7-8,13H2,1-6H3/b26-24+. The number of likely N-dealkylation sites (tertiary alicyclic amines) is 1. The summed E-state index contributed by atoms with van der Waals surface area (Å²) in [6, 6.07) is 9.56. The Hall–Kier alpha value is -3.61. The Morgan fingerprint density at radius 3 is 2.34 bits per heavy atom. The maximum atomic E-state index is 13.2. The highest BCUT2D eigenvalue weighted by Gasteiger charge is 2.46. The third-order valence-corrected chi connectivity index (χ3v) is 6.20. The Morgan fingerprint density at radius 1 is 1.14 bits per heavy atom. The van der Waals surface area contributed by atoms with Crippen molar-refractivity contribution in [2.24, 2.45) is 0 Å². The Morgan fingerprint density at radius 2 is 1.80 bits per heavy atom. The average molecular weight is 480 g/mol. The molecule has 2 aromatic carbocycles. The molecule has 7 heteroatoms. The quantitative estimate of drug-likeness (QED) is 0.182.